The lowest BCUT2D eigenvalue weighted by atomic mass is 10.4. The van der Waals surface area contributed by atoms with Gasteiger partial charge in [-0.15, -0.1) is 0 Å². The third-order valence-corrected chi connectivity index (χ3v) is 2.49. The zero-order valence-electron chi connectivity index (χ0n) is 8.29. The Labute approximate surface area is 91.9 Å². The van der Waals surface area contributed by atoms with Crippen molar-refractivity contribution in [1.29, 1.82) is 0 Å². The fraction of sp³-hybridized carbons (Fsp3) is 0.444. The van der Waals surface area contributed by atoms with E-state index in [0.29, 0.717) is 17.5 Å². The molecule has 6 heteroatoms. The molecule has 1 unspecified atom stereocenters. The van der Waals surface area contributed by atoms with Crippen LogP contribution in [0.5, 0.6) is 0 Å². The highest BCUT2D eigenvalue weighted by molar-refractivity contribution is 7.99. The van der Waals surface area contributed by atoms with E-state index in [9.17, 15) is 4.79 Å². The van der Waals surface area contributed by atoms with E-state index in [1.54, 1.807) is 25.4 Å². The number of carbonyl (C=O) groups is 1. The van der Waals surface area contributed by atoms with Crippen molar-refractivity contribution in [1.82, 2.24) is 9.97 Å². The molecule has 0 aromatic carbocycles. The zero-order chi connectivity index (χ0) is 11.1. The minimum absolute atomic E-state index is 0.313. The van der Waals surface area contributed by atoms with Crippen molar-refractivity contribution >= 4 is 17.7 Å². The van der Waals surface area contributed by atoms with Crippen LogP contribution in [-0.2, 0) is 9.53 Å². The molecule has 0 aliphatic heterocycles. The lowest BCUT2D eigenvalue weighted by Gasteiger charge is -2.10. The Bertz CT molecular complexity index is 307. The smallest absolute Gasteiger partial charge is 0.333 e. The second kappa shape index (κ2) is 6.36. The van der Waals surface area contributed by atoms with Crippen LogP contribution in [0.15, 0.2) is 23.6 Å². The summed E-state index contributed by atoms with van der Waals surface area (Å²) < 4.78 is 5.05. The molecule has 1 heterocycles. The van der Waals surface area contributed by atoms with E-state index in [4.69, 9.17) is 9.84 Å². The molecule has 1 aromatic heterocycles. The molecule has 0 bridgehead atoms. The molecule has 82 valence electrons. The van der Waals surface area contributed by atoms with Crippen molar-refractivity contribution in [3.63, 3.8) is 0 Å². The summed E-state index contributed by atoms with van der Waals surface area (Å²) in [5, 5.41) is 9.36. The summed E-state index contributed by atoms with van der Waals surface area (Å²) in [5.74, 6) is -0.645. The maximum Gasteiger partial charge on any atom is 0.333 e. The second-order valence-electron chi connectivity index (χ2n) is 2.62. The predicted molar refractivity (Wildman–Crippen MR) is 55.8 cm³/mol. The summed E-state index contributed by atoms with van der Waals surface area (Å²) in [4.78, 5) is 18.7. The van der Waals surface area contributed by atoms with Crippen LogP contribution in [-0.4, -0.2) is 39.5 Å². The van der Waals surface area contributed by atoms with Crippen molar-refractivity contribution in [3.8, 4) is 0 Å². The third kappa shape index (κ3) is 4.26. The quantitative estimate of drug-likeness (QED) is 0.579. The van der Waals surface area contributed by atoms with Gasteiger partial charge in [-0.2, -0.15) is 0 Å². The summed E-state index contributed by atoms with van der Waals surface area (Å²) in [7, 11) is 0. The summed E-state index contributed by atoms with van der Waals surface area (Å²) in [6, 6.07) is 1.71. The fourth-order valence-corrected chi connectivity index (χ4v) is 1.71. The molecule has 1 aromatic rings. The van der Waals surface area contributed by atoms with Gasteiger partial charge in [0.2, 0.25) is 0 Å². The minimum atomic E-state index is -0.958. The van der Waals surface area contributed by atoms with E-state index < -0.39 is 12.1 Å². The molecule has 1 rings (SSSR count). The molecule has 0 radical (unpaired) electrons. The molecule has 0 spiro atoms. The van der Waals surface area contributed by atoms with Crippen LogP contribution < -0.4 is 0 Å². The van der Waals surface area contributed by atoms with E-state index in [0.717, 1.165) is 0 Å². The first-order chi connectivity index (χ1) is 7.24. The number of ether oxygens (including phenoxy) is 1. The Morgan fingerprint density at radius 3 is 2.80 bits per heavy atom. The van der Waals surface area contributed by atoms with Crippen molar-refractivity contribution in [2.45, 2.75) is 18.2 Å². The van der Waals surface area contributed by atoms with Crippen LogP contribution in [0.25, 0.3) is 0 Å². The van der Waals surface area contributed by atoms with Crippen LogP contribution in [0, 0.1) is 0 Å². The molecular formula is C9H12N2O3S. The molecule has 0 saturated carbocycles. The van der Waals surface area contributed by atoms with E-state index in [-0.39, 0.29) is 0 Å². The first-order valence-electron chi connectivity index (χ1n) is 4.48. The van der Waals surface area contributed by atoms with Gasteiger partial charge in [0.1, 0.15) is 0 Å². The summed E-state index contributed by atoms with van der Waals surface area (Å²) >= 11 is 1.27. The van der Waals surface area contributed by atoms with Crippen LogP contribution in [0.2, 0.25) is 0 Å². The largest absolute Gasteiger partial charge is 0.479 e. The van der Waals surface area contributed by atoms with Crippen LogP contribution in [0.4, 0.5) is 0 Å². The Kier molecular flexibility index (Phi) is 5.06. The van der Waals surface area contributed by atoms with Crippen LogP contribution in [0.3, 0.4) is 0 Å². The standard InChI is InChI=1S/C9H12N2O3S/c1-2-14-7(8(12)13)6-15-9-10-4-3-5-11-9/h3-5,7H,2,6H2,1H3,(H,12,13). The molecular weight excluding hydrogens is 216 g/mol. The molecule has 0 aliphatic rings. The first-order valence-corrected chi connectivity index (χ1v) is 5.46. The lowest BCUT2D eigenvalue weighted by molar-refractivity contribution is -0.148. The third-order valence-electron chi connectivity index (χ3n) is 1.55. The average molecular weight is 228 g/mol. The molecule has 1 atom stereocenters. The van der Waals surface area contributed by atoms with Gasteiger partial charge in [-0.1, -0.05) is 11.8 Å². The van der Waals surface area contributed by atoms with Crippen molar-refractivity contribution in [3.05, 3.63) is 18.5 Å². The van der Waals surface area contributed by atoms with Crippen molar-refractivity contribution in [2.24, 2.45) is 0 Å². The summed E-state index contributed by atoms with van der Waals surface area (Å²) in [5.41, 5.74) is 0. The zero-order valence-corrected chi connectivity index (χ0v) is 9.11. The highest BCUT2D eigenvalue weighted by atomic mass is 32.2. The molecule has 0 fully saturated rings. The van der Waals surface area contributed by atoms with Crippen molar-refractivity contribution < 1.29 is 14.6 Å². The fourth-order valence-electron chi connectivity index (χ4n) is 0.902. The first kappa shape index (κ1) is 11.9. The van der Waals surface area contributed by atoms with Gasteiger partial charge in [0.05, 0.1) is 0 Å². The maximum absolute atomic E-state index is 10.7. The van der Waals surface area contributed by atoms with Gasteiger partial charge in [0.15, 0.2) is 11.3 Å². The Hall–Kier alpha value is -1.14. The number of nitrogens with zero attached hydrogens (tertiary/aromatic N) is 2. The second-order valence-corrected chi connectivity index (χ2v) is 3.61. The topological polar surface area (TPSA) is 72.3 Å². The number of aromatic nitrogens is 2. The number of carboxylic acid groups (broad SMARTS) is 1. The van der Waals surface area contributed by atoms with E-state index in [2.05, 4.69) is 9.97 Å². The number of aliphatic carboxylic acids is 1. The number of hydrogen-bond acceptors (Lipinski definition) is 5. The molecule has 0 amide bonds. The van der Waals surface area contributed by atoms with E-state index in [1.807, 2.05) is 0 Å². The van der Waals surface area contributed by atoms with Gasteiger partial charge in [0, 0.05) is 24.8 Å². The monoisotopic (exact) mass is 228 g/mol. The molecule has 15 heavy (non-hydrogen) atoms. The Balaban J connectivity index is 2.43. The average Bonchev–Trinajstić information content (AvgIpc) is 2.25. The number of thioether (sulfide) groups is 1. The molecule has 0 saturated heterocycles. The van der Waals surface area contributed by atoms with Gasteiger partial charge in [-0.25, -0.2) is 14.8 Å². The van der Waals surface area contributed by atoms with E-state index >= 15 is 0 Å². The van der Waals surface area contributed by atoms with Crippen molar-refractivity contribution in [2.75, 3.05) is 12.4 Å². The SMILES string of the molecule is CCOC(CSc1ncccn1)C(=O)O. The van der Waals surface area contributed by atoms with Crippen LogP contribution >= 0.6 is 11.8 Å². The summed E-state index contributed by atoms with van der Waals surface area (Å²) in [6.07, 6.45) is 2.43. The van der Waals surface area contributed by atoms with Gasteiger partial charge >= 0.3 is 5.97 Å². The number of rotatable bonds is 6. The van der Waals surface area contributed by atoms with Crippen LogP contribution in [0.1, 0.15) is 6.92 Å². The maximum atomic E-state index is 10.7. The highest BCUT2D eigenvalue weighted by Gasteiger charge is 2.17. The van der Waals surface area contributed by atoms with E-state index in [1.165, 1.54) is 11.8 Å². The molecule has 0 aliphatic carbocycles. The molecule has 1 N–H and O–H groups in total. The molecule has 5 nitrogen and oxygen atoms in total. The highest BCUT2D eigenvalue weighted by Crippen LogP contribution is 2.13. The number of carboxylic acids is 1. The number of hydrogen-bond donors (Lipinski definition) is 1. The van der Waals surface area contributed by atoms with Gasteiger partial charge in [-0.05, 0) is 13.0 Å². The minimum Gasteiger partial charge on any atom is -0.479 e. The Morgan fingerprint density at radius 1 is 1.60 bits per heavy atom. The lowest BCUT2D eigenvalue weighted by Crippen LogP contribution is -2.26. The normalized spacial score (nSPS) is 12.3. The van der Waals surface area contributed by atoms with Gasteiger partial charge < -0.3 is 9.84 Å². The summed E-state index contributed by atoms with van der Waals surface area (Å²) in [6.45, 7) is 2.15. The Morgan fingerprint density at radius 2 is 2.27 bits per heavy atom. The van der Waals surface area contributed by atoms with Gasteiger partial charge in [0.25, 0.3) is 0 Å². The predicted octanol–water partition coefficient (Wildman–Crippen LogP) is 1.06. The van der Waals surface area contributed by atoms with Gasteiger partial charge in [-0.3, -0.25) is 0 Å².